The molecule has 2 unspecified atom stereocenters. The summed E-state index contributed by atoms with van der Waals surface area (Å²) in [6.07, 6.45) is 0.664. The van der Waals surface area contributed by atoms with Gasteiger partial charge in [-0.15, -0.1) is 0 Å². The first-order valence-electron chi connectivity index (χ1n) is 9.66. The van der Waals surface area contributed by atoms with E-state index >= 15 is 0 Å². The van der Waals surface area contributed by atoms with Gasteiger partial charge >= 0.3 is 12.1 Å². The van der Waals surface area contributed by atoms with Crippen LogP contribution in [0.4, 0.5) is 4.79 Å². The Morgan fingerprint density at radius 3 is 2.64 bits per heavy atom. The molecule has 28 heavy (non-hydrogen) atoms. The van der Waals surface area contributed by atoms with Crippen LogP contribution in [-0.4, -0.2) is 67.7 Å². The van der Waals surface area contributed by atoms with E-state index in [1.54, 1.807) is 14.0 Å². The molecule has 8 nitrogen and oxygen atoms in total. The molecule has 0 bridgehead atoms. The summed E-state index contributed by atoms with van der Waals surface area (Å²) in [5.41, 5.74) is 1.03. The van der Waals surface area contributed by atoms with Crippen molar-refractivity contribution in [1.82, 2.24) is 9.80 Å². The first-order valence-corrected chi connectivity index (χ1v) is 9.66. The highest BCUT2D eigenvalue weighted by molar-refractivity contribution is 5.71. The van der Waals surface area contributed by atoms with Crippen molar-refractivity contribution in [3.63, 3.8) is 0 Å². The largest absolute Gasteiger partial charge is 0.454 e. The van der Waals surface area contributed by atoms with Gasteiger partial charge in [0, 0.05) is 26.6 Å². The standard InChI is InChI=1S/C20H28N2O6/c1-14(11-16-5-6-17-18(12-16)26-13-25-17)21(3)20(24)28-15(2)27-19(23)7-10-22-8-4-9-22/h5-6,12,14-15H,4,7-11,13H2,1-3H3. The molecule has 0 aliphatic carbocycles. The summed E-state index contributed by atoms with van der Waals surface area (Å²) < 4.78 is 21.1. The smallest absolute Gasteiger partial charge is 0.412 e. The highest BCUT2D eigenvalue weighted by Gasteiger charge is 2.23. The lowest BCUT2D eigenvalue weighted by atomic mass is 10.1. The number of likely N-dealkylation sites (N-methyl/N-ethyl adjacent to an activating group) is 1. The van der Waals surface area contributed by atoms with Crippen molar-refractivity contribution >= 4 is 12.1 Å². The predicted octanol–water partition coefficient (Wildman–Crippen LogP) is 2.40. The Bertz CT molecular complexity index is 706. The molecule has 2 heterocycles. The molecule has 3 rings (SSSR count). The third kappa shape index (κ3) is 5.28. The average molecular weight is 392 g/mol. The van der Waals surface area contributed by atoms with Gasteiger partial charge in [0.05, 0.1) is 6.42 Å². The van der Waals surface area contributed by atoms with Gasteiger partial charge in [0.15, 0.2) is 11.5 Å². The zero-order valence-corrected chi connectivity index (χ0v) is 16.7. The molecule has 0 saturated carbocycles. The average Bonchev–Trinajstić information content (AvgIpc) is 3.07. The SMILES string of the molecule is CC(OC(=O)CCN1CCC1)OC(=O)N(C)C(C)Cc1ccc2c(c1)OCO2. The van der Waals surface area contributed by atoms with Gasteiger partial charge in [0.2, 0.25) is 13.1 Å². The lowest BCUT2D eigenvalue weighted by molar-refractivity contribution is -0.166. The zero-order valence-electron chi connectivity index (χ0n) is 16.7. The van der Waals surface area contributed by atoms with Gasteiger partial charge in [0.1, 0.15) is 0 Å². The maximum absolute atomic E-state index is 12.3. The molecular formula is C20H28N2O6. The summed E-state index contributed by atoms with van der Waals surface area (Å²) >= 11 is 0. The van der Waals surface area contributed by atoms with Crippen LogP contribution in [0, 0.1) is 0 Å². The number of nitrogens with zero attached hydrogens (tertiary/aromatic N) is 2. The molecule has 2 aliphatic heterocycles. The number of rotatable bonds is 8. The fraction of sp³-hybridized carbons (Fsp3) is 0.600. The molecule has 1 aromatic rings. The number of carbonyl (C=O) groups excluding carboxylic acids is 2. The lowest BCUT2D eigenvalue weighted by Crippen LogP contribution is -2.40. The van der Waals surface area contributed by atoms with Crippen LogP contribution in [0.2, 0.25) is 0 Å². The summed E-state index contributed by atoms with van der Waals surface area (Å²) in [7, 11) is 1.67. The van der Waals surface area contributed by atoms with Crippen LogP contribution >= 0.6 is 0 Å². The Kier molecular flexibility index (Phi) is 6.61. The fourth-order valence-electron chi connectivity index (χ4n) is 3.07. The third-order valence-corrected chi connectivity index (χ3v) is 5.06. The van der Waals surface area contributed by atoms with Crippen molar-refractivity contribution in [3.8, 4) is 11.5 Å². The van der Waals surface area contributed by atoms with Gasteiger partial charge in [-0.3, -0.25) is 4.79 Å². The molecule has 154 valence electrons. The van der Waals surface area contributed by atoms with Crippen molar-refractivity contribution in [2.75, 3.05) is 33.5 Å². The zero-order chi connectivity index (χ0) is 20.1. The van der Waals surface area contributed by atoms with Crippen molar-refractivity contribution in [2.45, 2.75) is 45.4 Å². The Morgan fingerprint density at radius 2 is 1.93 bits per heavy atom. The highest BCUT2D eigenvalue weighted by atomic mass is 16.7. The van der Waals surface area contributed by atoms with E-state index in [1.165, 1.54) is 11.3 Å². The lowest BCUT2D eigenvalue weighted by Gasteiger charge is -2.30. The van der Waals surface area contributed by atoms with Crippen LogP contribution < -0.4 is 9.47 Å². The fourth-order valence-corrected chi connectivity index (χ4v) is 3.07. The van der Waals surface area contributed by atoms with Crippen LogP contribution in [0.15, 0.2) is 18.2 Å². The van der Waals surface area contributed by atoms with E-state index in [4.69, 9.17) is 18.9 Å². The summed E-state index contributed by atoms with van der Waals surface area (Å²) in [5.74, 6) is 1.09. The number of benzene rings is 1. The minimum atomic E-state index is -0.920. The van der Waals surface area contributed by atoms with Crippen molar-refractivity contribution in [2.24, 2.45) is 0 Å². The minimum absolute atomic E-state index is 0.109. The number of hydrogen-bond donors (Lipinski definition) is 0. The van der Waals surface area contributed by atoms with Gasteiger partial charge in [-0.05, 0) is 50.6 Å². The Labute approximate surface area is 165 Å². The highest BCUT2D eigenvalue weighted by Crippen LogP contribution is 2.33. The maximum Gasteiger partial charge on any atom is 0.412 e. The second-order valence-electron chi connectivity index (χ2n) is 7.24. The molecule has 1 fully saturated rings. The Balaban J connectivity index is 1.41. The van der Waals surface area contributed by atoms with E-state index in [-0.39, 0.29) is 18.8 Å². The van der Waals surface area contributed by atoms with E-state index in [9.17, 15) is 9.59 Å². The number of amides is 1. The van der Waals surface area contributed by atoms with Crippen molar-refractivity contribution in [3.05, 3.63) is 23.8 Å². The number of likely N-dealkylation sites (tertiary alicyclic amines) is 1. The first kappa shape index (κ1) is 20.3. The van der Waals surface area contributed by atoms with Gasteiger partial charge in [0.25, 0.3) is 0 Å². The monoisotopic (exact) mass is 392 g/mol. The van der Waals surface area contributed by atoms with Gasteiger partial charge in [-0.25, -0.2) is 4.79 Å². The topological polar surface area (TPSA) is 77.5 Å². The van der Waals surface area contributed by atoms with E-state index < -0.39 is 12.4 Å². The molecule has 0 aromatic heterocycles. The second-order valence-corrected chi connectivity index (χ2v) is 7.24. The number of carbonyl (C=O) groups is 2. The molecule has 2 atom stereocenters. The van der Waals surface area contributed by atoms with Crippen LogP contribution in [0.5, 0.6) is 11.5 Å². The minimum Gasteiger partial charge on any atom is -0.454 e. The van der Waals surface area contributed by atoms with Crippen LogP contribution in [0.25, 0.3) is 0 Å². The summed E-state index contributed by atoms with van der Waals surface area (Å²) in [5, 5.41) is 0. The molecule has 0 N–H and O–H groups in total. The van der Waals surface area contributed by atoms with Crippen LogP contribution in [0.1, 0.15) is 32.3 Å². The van der Waals surface area contributed by atoms with E-state index in [2.05, 4.69) is 4.90 Å². The van der Waals surface area contributed by atoms with Gasteiger partial charge in [-0.2, -0.15) is 0 Å². The molecule has 1 amide bonds. The van der Waals surface area contributed by atoms with Crippen molar-refractivity contribution in [1.29, 1.82) is 0 Å². The van der Waals surface area contributed by atoms with E-state index in [0.29, 0.717) is 25.1 Å². The third-order valence-electron chi connectivity index (χ3n) is 5.06. The molecule has 1 saturated heterocycles. The van der Waals surface area contributed by atoms with Crippen LogP contribution in [0.3, 0.4) is 0 Å². The quantitative estimate of drug-likeness (QED) is 0.497. The first-order chi connectivity index (χ1) is 13.4. The maximum atomic E-state index is 12.3. The summed E-state index contributed by atoms with van der Waals surface area (Å²) in [4.78, 5) is 27.9. The molecule has 2 aliphatic rings. The summed E-state index contributed by atoms with van der Waals surface area (Å²) in [6.45, 7) is 6.46. The van der Waals surface area contributed by atoms with E-state index in [1.807, 2.05) is 25.1 Å². The molecule has 8 heteroatoms. The molecule has 0 spiro atoms. The molecule has 0 radical (unpaired) electrons. The van der Waals surface area contributed by atoms with Gasteiger partial charge in [-0.1, -0.05) is 6.07 Å². The van der Waals surface area contributed by atoms with Gasteiger partial charge < -0.3 is 28.7 Å². The molecule has 1 aromatic carbocycles. The predicted molar refractivity (Wildman–Crippen MR) is 101 cm³/mol. The number of hydrogen-bond acceptors (Lipinski definition) is 7. The number of esters is 1. The summed E-state index contributed by atoms with van der Waals surface area (Å²) in [6, 6.07) is 5.62. The second kappa shape index (κ2) is 9.14. The normalized spacial score (nSPS) is 17.4. The molecular weight excluding hydrogens is 364 g/mol. The number of ether oxygens (including phenoxy) is 4. The van der Waals surface area contributed by atoms with E-state index in [0.717, 1.165) is 24.4 Å². The Morgan fingerprint density at radius 1 is 1.18 bits per heavy atom. The number of fused-ring (bicyclic) bond motifs is 1. The van der Waals surface area contributed by atoms with Crippen molar-refractivity contribution < 1.29 is 28.5 Å². The van der Waals surface area contributed by atoms with Crippen LogP contribution in [-0.2, 0) is 20.7 Å². The Hall–Kier alpha value is -2.48.